The Hall–Kier alpha value is -2.40. The number of ketones is 3. The van der Waals surface area contributed by atoms with Crippen LogP contribution in [0.25, 0.3) is 0 Å². The van der Waals surface area contributed by atoms with Gasteiger partial charge in [-0.05, 0) is 6.92 Å². The normalized spacial score (nSPS) is 14.3. The zero-order valence-corrected chi connectivity index (χ0v) is 12.6. The minimum Gasteiger partial charge on any atom is -1.00 e. The van der Waals surface area contributed by atoms with Crippen molar-refractivity contribution < 1.29 is 43.9 Å². The van der Waals surface area contributed by atoms with Gasteiger partial charge in [-0.15, -0.1) is 0 Å². The maximum atomic E-state index is 11.8. The zero-order valence-electron chi connectivity index (χ0n) is 12.6. The SMILES string of the molecule is CC(=O)O[C@](C(C)=O)(C(=O)C(C)=O)C(O)C(O)CO.N=[N+]=N.[F-]. The first kappa shape index (κ1) is 25.5. The Morgan fingerprint density at radius 2 is 1.52 bits per heavy atom. The fraction of sp³-hybridized carbons (Fsp3) is 0.636. The summed E-state index contributed by atoms with van der Waals surface area (Å²) in [5.41, 5.74) is 8.15. The molecular formula is C11H18FN3O8. The second-order valence-corrected chi connectivity index (χ2v) is 4.08. The molecule has 23 heavy (non-hydrogen) atoms. The molecule has 11 nitrogen and oxygen atoms in total. The summed E-state index contributed by atoms with van der Waals surface area (Å²) in [4.78, 5) is 47.6. The first-order valence-electron chi connectivity index (χ1n) is 5.78. The molecule has 0 aliphatic rings. The van der Waals surface area contributed by atoms with Crippen molar-refractivity contribution in [2.24, 2.45) is 0 Å². The van der Waals surface area contributed by atoms with Gasteiger partial charge in [0.2, 0.25) is 4.91 Å². The molecular weight excluding hydrogens is 321 g/mol. The lowest BCUT2D eigenvalue weighted by Gasteiger charge is -2.34. The first-order chi connectivity index (χ1) is 10.0. The van der Waals surface area contributed by atoms with Crippen LogP contribution in [0, 0.1) is 11.1 Å². The molecule has 0 radical (unpaired) electrons. The van der Waals surface area contributed by atoms with Crippen LogP contribution < -0.4 is 9.62 Å². The third kappa shape index (κ3) is 6.48. The maximum absolute atomic E-state index is 11.8. The molecule has 0 amide bonds. The summed E-state index contributed by atoms with van der Waals surface area (Å²) in [7, 11) is 0. The number of nitrogens with zero attached hydrogens (tertiary/aromatic N) is 1. The smallest absolute Gasteiger partial charge is 0.304 e. The van der Waals surface area contributed by atoms with E-state index in [1.165, 1.54) is 0 Å². The van der Waals surface area contributed by atoms with Crippen LogP contribution in [0.2, 0.25) is 0 Å². The molecule has 0 fully saturated rings. The second-order valence-electron chi connectivity index (χ2n) is 4.08. The fourth-order valence-electron chi connectivity index (χ4n) is 1.54. The number of hydrogen-bond acceptors (Lipinski definition) is 10. The summed E-state index contributed by atoms with van der Waals surface area (Å²) in [5, 5.41) is 27.9. The highest BCUT2D eigenvalue weighted by atomic mass is 19.0. The summed E-state index contributed by atoms with van der Waals surface area (Å²) in [6.45, 7) is 1.50. The fourth-order valence-corrected chi connectivity index (χ4v) is 1.54. The van der Waals surface area contributed by atoms with Crippen LogP contribution in [0.15, 0.2) is 0 Å². The number of halogens is 1. The lowest BCUT2D eigenvalue weighted by molar-refractivity contribution is -0.193. The number of nitrogens with one attached hydrogen (secondary N) is 2. The molecule has 3 atom stereocenters. The van der Waals surface area contributed by atoms with Crippen molar-refractivity contribution in [3.05, 3.63) is 0 Å². The molecule has 0 saturated heterocycles. The number of carbonyl (C=O) groups excluding carboxylic acids is 4. The predicted molar refractivity (Wildman–Crippen MR) is 67.5 cm³/mol. The van der Waals surface area contributed by atoms with Crippen LogP contribution in [0.3, 0.4) is 0 Å². The van der Waals surface area contributed by atoms with E-state index in [1.54, 1.807) is 0 Å². The summed E-state index contributed by atoms with van der Waals surface area (Å²) in [6, 6.07) is 0. The summed E-state index contributed by atoms with van der Waals surface area (Å²) in [6.07, 6.45) is -4.19. The minimum atomic E-state index is -2.85. The Bertz CT molecular complexity index is 492. The van der Waals surface area contributed by atoms with E-state index >= 15 is 0 Å². The Morgan fingerprint density at radius 3 is 1.74 bits per heavy atom. The predicted octanol–water partition coefficient (Wildman–Crippen LogP) is -5.13. The van der Waals surface area contributed by atoms with E-state index in [4.69, 9.17) is 16.2 Å². The summed E-state index contributed by atoms with van der Waals surface area (Å²) in [5.74, 6) is -4.85. The number of hydrogen-bond donors (Lipinski definition) is 5. The van der Waals surface area contributed by atoms with E-state index in [2.05, 4.69) is 4.74 Å². The molecule has 12 heteroatoms. The van der Waals surface area contributed by atoms with Crippen molar-refractivity contribution in [2.75, 3.05) is 6.61 Å². The van der Waals surface area contributed by atoms with Gasteiger partial charge < -0.3 is 24.8 Å². The van der Waals surface area contributed by atoms with Gasteiger partial charge in [0.25, 0.3) is 11.4 Å². The topological polar surface area (TPSA) is 200 Å². The van der Waals surface area contributed by atoms with Crippen LogP contribution in [0.1, 0.15) is 20.8 Å². The van der Waals surface area contributed by atoms with Gasteiger partial charge in [0.05, 0.1) is 6.61 Å². The Labute approximate surface area is 129 Å². The van der Waals surface area contributed by atoms with Gasteiger partial charge >= 0.3 is 5.97 Å². The number of ether oxygens (including phenoxy) is 1. The molecule has 0 aromatic heterocycles. The molecule has 0 bridgehead atoms. The van der Waals surface area contributed by atoms with Gasteiger partial charge in [0.1, 0.15) is 23.3 Å². The highest BCUT2D eigenvalue weighted by molar-refractivity contribution is 6.44. The lowest BCUT2D eigenvalue weighted by atomic mass is 9.83. The largest absolute Gasteiger partial charge is 1.00 e. The number of Topliss-reactive ketones (excluding diaryl/α,β-unsaturated/α-hetero) is 3. The molecule has 0 saturated carbocycles. The van der Waals surface area contributed by atoms with Crippen LogP contribution in [-0.2, 0) is 23.9 Å². The van der Waals surface area contributed by atoms with Crippen molar-refractivity contribution >= 4 is 23.3 Å². The molecule has 0 aromatic rings. The van der Waals surface area contributed by atoms with Gasteiger partial charge in [-0.1, -0.05) is 0 Å². The Morgan fingerprint density at radius 1 is 1.13 bits per heavy atom. The van der Waals surface area contributed by atoms with E-state index in [0.717, 1.165) is 20.8 Å². The number of aliphatic hydroxyl groups excluding tert-OH is 3. The van der Waals surface area contributed by atoms with Gasteiger partial charge in [-0.25, -0.2) is 0 Å². The molecule has 0 aliphatic carbocycles. The van der Waals surface area contributed by atoms with Crippen molar-refractivity contribution in [3.8, 4) is 0 Å². The lowest BCUT2D eigenvalue weighted by Crippen LogP contribution is -3.00. The van der Waals surface area contributed by atoms with Gasteiger partial charge in [0, 0.05) is 13.8 Å². The Kier molecular flexibility index (Phi) is 12.4. The van der Waals surface area contributed by atoms with Crippen LogP contribution in [-0.4, -0.2) is 63.1 Å². The van der Waals surface area contributed by atoms with Crippen molar-refractivity contribution in [1.82, 2.24) is 4.91 Å². The second kappa shape index (κ2) is 11.2. The van der Waals surface area contributed by atoms with Crippen LogP contribution >= 0.6 is 0 Å². The number of rotatable bonds is 7. The number of aliphatic hydroxyl groups is 3. The molecule has 0 heterocycles. The third-order valence-corrected chi connectivity index (χ3v) is 2.45. The van der Waals surface area contributed by atoms with E-state index < -0.39 is 47.7 Å². The highest BCUT2D eigenvalue weighted by Gasteiger charge is 2.56. The van der Waals surface area contributed by atoms with Crippen molar-refractivity contribution in [1.29, 1.82) is 11.1 Å². The van der Waals surface area contributed by atoms with Gasteiger partial charge in [-0.2, -0.15) is 0 Å². The van der Waals surface area contributed by atoms with Gasteiger partial charge in [0.15, 0.2) is 11.6 Å². The minimum absolute atomic E-state index is 0. The average molecular weight is 339 g/mol. The standard InChI is InChI=1S/C11H16O8.FH.H2N3/c1-5(13)9(17)11(6(2)14,19-7(3)15)10(18)8(16)4-12;;1-3-2/h8,10,12,16,18H,4H2,1-3H3;1H;1-2H/q;;+1/p-1/t8?,10?,11-;;/m1../s1. The van der Waals surface area contributed by atoms with Crippen LogP contribution in [0.5, 0.6) is 0 Å². The third-order valence-electron chi connectivity index (χ3n) is 2.45. The summed E-state index contributed by atoms with van der Waals surface area (Å²) >= 11 is 0. The van der Waals surface area contributed by atoms with Gasteiger partial charge in [-0.3, -0.25) is 19.2 Å². The van der Waals surface area contributed by atoms with E-state index in [9.17, 15) is 29.4 Å². The zero-order chi connectivity index (χ0) is 18.1. The van der Waals surface area contributed by atoms with Crippen LogP contribution in [0.4, 0.5) is 0 Å². The monoisotopic (exact) mass is 339 g/mol. The van der Waals surface area contributed by atoms with E-state index in [1.807, 2.05) is 4.91 Å². The molecule has 132 valence electrons. The Balaban J connectivity index is -0.000000920. The summed E-state index contributed by atoms with van der Waals surface area (Å²) < 4.78 is 4.53. The molecule has 0 aliphatic heterocycles. The molecule has 2 unspecified atom stereocenters. The number of carbonyl (C=O) groups is 4. The number of esters is 1. The quantitative estimate of drug-likeness (QED) is 0.0995. The average Bonchev–Trinajstić information content (AvgIpc) is 2.42. The molecule has 0 rings (SSSR count). The van der Waals surface area contributed by atoms with Crippen molar-refractivity contribution in [2.45, 2.75) is 38.6 Å². The van der Waals surface area contributed by atoms with E-state index in [-0.39, 0.29) is 4.70 Å². The molecule has 0 spiro atoms. The van der Waals surface area contributed by atoms with Crippen molar-refractivity contribution in [3.63, 3.8) is 0 Å². The maximum Gasteiger partial charge on any atom is 0.304 e. The molecule has 0 aromatic carbocycles. The van der Waals surface area contributed by atoms with E-state index in [0.29, 0.717) is 0 Å². The highest BCUT2D eigenvalue weighted by Crippen LogP contribution is 2.23. The first-order valence-corrected chi connectivity index (χ1v) is 5.78. The molecule has 5 N–H and O–H groups in total.